The Morgan fingerprint density at radius 3 is 2.50 bits per heavy atom. The van der Waals surface area contributed by atoms with Crippen LogP contribution >= 0.6 is 0 Å². The van der Waals surface area contributed by atoms with Crippen LogP contribution in [0.15, 0.2) is 23.8 Å². The van der Waals surface area contributed by atoms with E-state index in [1.807, 2.05) is 0 Å². The molecule has 8 heteroatoms. The van der Waals surface area contributed by atoms with Gasteiger partial charge in [0.25, 0.3) is 0 Å². The number of carbonyl (C=O) groups is 3. The number of esters is 1. The Bertz CT molecular complexity index is 943. The van der Waals surface area contributed by atoms with E-state index in [9.17, 15) is 29.7 Å². The van der Waals surface area contributed by atoms with Crippen molar-refractivity contribution in [2.75, 3.05) is 6.61 Å². The molecule has 0 aromatic heterocycles. The fraction of sp³-hybridized carbons (Fsp3) is 0.708. The van der Waals surface area contributed by atoms with Crippen molar-refractivity contribution in [3.05, 3.63) is 23.8 Å². The number of ether oxygens (including phenoxy) is 1. The van der Waals surface area contributed by atoms with Crippen molar-refractivity contribution in [1.29, 1.82) is 0 Å². The summed E-state index contributed by atoms with van der Waals surface area (Å²) in [6.07, 6.45) is 1.41. The minimum atomic E-state index is -2.19. The number of ketones is 2. The molecule has 0 spiro atoms. The van der Waals surface area contributed by atoms with Gasteiger partial charge in [-0.2, -0.15) is 0 Å². The van der Waals surface area contributed by atoms with E-state index in [0.717, 1.165) is 0 Å². The van der Waals surface area contributed by atoms with Gasteiger partial charge in [-0.05, 0) is 55.7 Å². The Morgan fingerprint density at radius 1 is 1.22 bits per heavy atom. The predicted octanol–water partition coefficient (Wildman–Crippen LogP) is 1.44. The van der Waals surface area contributed by atoms with Crippen LogP contribution in [0.5, 0.6) is 0 Å². The highest BCUT2D eigenvalue weighted by atomic mass is 19.1. The lowest BCUT2D eigenvalue weighted by Gasteiger charge is -2.63. The Kier molecular flexibility index (Phi) is 5.12. The van der Waals surface area contributed by atoms with Crippen LogP contribution in [-0.4, -0.2) is 62.9 Å². The van der Waals surface area contributed by atoms with Gasteiger partial charge in [-0.3, -0.25) is 14.4 Å². The summed E-state index contributed by atoms with van der Waals surface area (Å²) in [5.74, 6) is -3.60. The molecule has 0 saturated heterocycles. The highest BCUT2D eigenvalue weighted by molar-refractivity contribution is 6.01. The van der Waals surface area contributed by atoms with Gasteiger partial charge < -0.3 is 20.1 Å². The number of rotatable bonds is 3. The lowest BCUT2D eigenvalue weighted by atomic mass is 9.44. The normalized spacial score (nSPS) is 49.6. The maximum absolute atomic E-state index is 17.1. The Hall–Kier alpha value is -1.90. The number of aliphatic hydroxyl groups is 3. The van der Waals surface area contributed by atoms with E-state index in [2.05, 4.69) is 0 Å². The van der Waals surface area contributed by atoms with Gasteiger partial charge >= 0.3 is 5.97 Å². The zero-order chi connectivity index (χ0) is 23.9. The Labute approximate surface area is 186 Å². The first kappa shape index (κ1) is 23.3. The number of aliphatic hydroxyl groups excluding tert-OH is 2. The van der Waals surface area contributed by atoms with Crippen molar-refractivity contribution in [1.82, 2.24) is 0 Å². The van der Waals surface area contributed by atoms with Crippen LogP contribution in [0.1, 0.15) is 47.0 Å². The van der Waals surface area contributed by atoms with E-state index in [4.69, 9.17) is 4.74 Å². The molecule has 0 bridgehead atoms. The molecule has 0 heterocycles. The van der Waals surface area contributed by atoms with E-state index in [-0.39, 0.29) is 24.2 Å². The number of fused-ring (bicyclic) bond motifs is 5. The van der Waals surface area contributed by atoms with Gasteiger partial charge in [0.15, 0.2) is 18.1 Å². The predicted molar refractivity (Wildman–Crippen MR) is 111 cm³/mol. The van der Waals surface area contributed by atoms with E-state index < -0.39 is 70.4 Å². The number of halogens is 1. The van der Waals surface area contributed by atoms with Crippen LogP contribution in [0.25, 0.3) is 0 Å². The molecular weight excluding hydrogens is 419 g/mol. The fourth-order valence-electron chi connectivity index (χ4n) is 7.46. The largest absolute Gasteiger partial charge is 0.458 e. The van der Waals surface area contributed by atoms with Crippen LogP contribution in [0.3, 0.4) is 0 Å². The van der Waals surface area contributed by atoms with Crippen LogP contribution in [0.2, 0.25) is 0 Å². The zero-order valence-corrected chi connectivity index (χ0v) is 18.8. The first-order chi connectivity index (χ1) is 14.7. The van der Waals surface area contributed by atoms with E-state index >= 15 is 4.39 Å². The number of Topliss-reactive ketones (excluding diaryl/α,β-unsaturated/α-hetero) is 1. The third-order valence-electron chi connectivity index (χ3n) is 9.08. The molecule has 32 heavy (non-hydrogen) atoms. The third-order valence-corrected chi connectivity index (χ3v) is 9.08. The summed E-state index contributed by atoms with van der Waals surface area (Å²) in [6, 6.07) is 0. The van der Waals surface area contributed by atoms with Crippen LogP contribution in [0, 0.1) is 28.6 Å². The SMILES string of the molecule is CC(=O)OCC(=O)[C@]1(O)[C@@H](C)C[C@@H]2[C@@H]3C[C@@H](O)C4=CC(=O)C=C[C@]4(C)[C@]3(F)[C@@H](O)C[C@@]21C. The summed E-state index contributed by atoms with van der Waals surface area (Å²) >= 11 is 0. The first-order valence-corrected chi connectivity index (χ1v) is 11.1. The maximum atomic E-state index is 17.1. The molecule has 3 N–H and O–H groups in total. The summed E-state index contributed by atoms with van der Waals surface area (Å²) < 4.78 is 21.9. The lowest BCUT2D eigenvalue weighted by Crippen LogP contribution is -2.70. The quantitative estimate of drug-likeness (QED) is 0.556. The highest BCUT2D eigenvalue weighted by Crippen LogP contribution is 2.70. The van der Waals surface area contributed by atoms with E-state index in [0.29, 0.717) is 6.42 Å². The lowest BCUT2D eigenvalue weighted by molar-refractivity contribution is -0.226. The average molecular weight is 451 g/mol. The van der Waals surface area contributed by atoms with Gasteiger partial charge in [0.2, 0.25) is 5.78 Å². The molecule has 0 aromatic carbocycles. The molecule has 0 unspecified atom stereocenters. The van der Waals surface area contributed by atoms with Crippen molar-refractivity contribution in [2.45, 2.75) is 70.4 Å². The highest BCUT2D eigenvalue weighted by Gasteiger charge is 2.76. The van der Waals surface area contributed by atoms with Crippen molar-refractivity contribution in [3.63, 3.8) is 0 Å². The molecular formula is C24H31FO7. The summed E-state index contributed by atoms with van der Waals surface area (Å²) in [6.45, 7) is 5.53. The average Bonchev–Trinajstić information content (AvgIpc) is 2.91. The molecule has 9 atom stereocenters. The van der Waals surface area contributed by atoms with Crippen LogP contribution in [0.4, 0.5) is 4.39 Å². The van der Waals surface area contributed by atoms with Gasteiger partial charge in [0.05, 0.1) is 12.2 Å². The van der Waals surface area contributed by atoms with E-state index in [1.54, 1.807) is 20.8 Å². The fourth-order valence-corrected chi connectivity index (χ4v) is 7.46. The first-order valence-electron chi connectivity index (χ1n) is 11.1. The van der Waals surface area contributed by atoms with Gasteiger partial charge in [-0.1, -0.05) is 19.9 Å². The summed E-state index contributed by atoms with van der Waals surface area (Å²) in [4.78, 5) is 36.2. The van der Waals surface area contributed by atoms with Gasteiger partial charge in [0.1, 0.15) is 5.60 Å². The Balaban J connectivity index is 1.79. The summed E-state index contributed by atoms with van der Waals surface area (Å²) in [5.41, 5.74) is -6.44. The second-order valence-electron chi connectivity index (χ2n) is 10.5. The molecule has 0 aromatic rings. The second kappa shape index (κ2) is 7.05. The third kappa shape index (κ3) is 2.66. The molecule has 4 aliphatic carbocycles. The molecule has 0 amide bonds. The molecule has 0 aliphatic heterocycles. The minimum absolute atomic E-state index is 0.0305. The molecule has 0 radical (unpaired) electrons. The van der Waals surface area contributed by atoms with Crippen LogP contribution < -0.4 is 0 Å². The second-order valence-corrected chi connectivity index (χ2v) is 10.5. The molecule has 176 valence electrons. The van der Waals surface area contributed by atoms with Crippen LogP contribution in [-0.2, 0) is 19.1 Å². The molecule has 3 saturated carbocycles. The molecule has 4 aliphatic rings. The summed E-state index contributed by atoms with van der Waals surface area (Å²) in [7, 11) is 0. The number of hydrogen-bond donors (Lipinski definition) is 3. The maximum Gasteiger partial charge on any atom is 0.303 e. The molecule has 3 fully saturated rings. The topological polar surface area (TPSA) is 121 Å². The molecule has 4 rings (SSSR count). The smallest absolute Gasteiger partial charge is 0.303 e. The van der Waals surface area contributed by atoms with Gasteiger partial charge in [-0.25, -0.2) is 4.39 Å². The van der Waals surface area contributed by atoms with Crippen molar-refractivity contribution < 1.29 is 38.8 Å². The minimum Gasteiger partial charge on any atom is -0.458 e. The van der Waals surface area contributed by atoms with E-state index in [1.165, 1.54) is 25.2 Å². The molecule has 7 nitrogen and oxygen atoms in total. The summed E-state index contributed by atoms with van der Waals surface area (Å²) in [5, 5.41) is 33.8. The number of allylic oxidation sites excluding steroid dienone is 3. The number of carbonyl (C=O) groups excluding carboxylic acids is 3. The number of alkyl halides is 1. The van der Waals surface area contributed by atoms with Crippen molar-refractivity contribution in [2.24, 2.45) is 28.6 Å². The van der Waals surface area contributed by atoms with Gasteiger partial charge in [-0.15, -0.1) is 0 Å². The standard InChI is InChI=1S/C24H31FO7/c1-12-7-15-16-9-18(28)17-8-14(27)5-6-21(17,3)23(16,25)19(29)10-22(15,4)24(12,31)20(30)11-32-13(2)26/h5-6,8,12,15-16,18-19,28-29,31H,7,9-11H2,1-4H3/t12-,15+,16-,18+,19-,21-,22-,23+,24+/m0/s1. The van der Waals surface area contributed by atoms with Gasteiger partial charge in [0, 0.05) is 23.7 Å². The van der Waals surface area contributed by atoms with Crippen molar-refractivity contribution in [3.8, 4) is 0 Å². The van der Waals surface area contributed by atoms with Crippen molar-refractivity contribution >= 4 is 17.5 Å². The monoisotopic (exact) mass is 450 g/mol. The Morgan fingerprint density at radius 2 is 1.88 bits per heavy atom. The number of hydrogen-bond acceptors (Lipinski definition) is 7. The zero-order valence-electron chi connectivity index (χ0n) is 18.8.